The highest BCUT2D eigenvalue weighted by molar-refractivity contribution is 5.93. The third kappa shape index (κ3) is 2.35. The Morgan fingerprint density at radius 1 is 1.59 bits per heavy atom. The molecular formula is C9H8F2N2O4. The molecule has 0 N–H and O–H groups in total. The Balaban J connectivity index is 3.53. The van der Waals surface area contributed by atoms with E-state index in [0.717, 1.165) is 7.11 Å². The topological polar surface area (TPSA) is 82.3 Å². The molecule has 17 heavy (non-hydrogen) atoms. The van der Waals surface area contributed by atoms with Crippen LogP contribution in [0.1, 0.15) is 27.9 Å². The van der Waals surface area contributed by atoms with E-state index in [-0.39, 0.29) is 5.56 Å². The van der Waals surface area contributed by atoms with Crippen LogP contribution in [0.5, 0.6) is 0 Å². The van der Waals surface area contributed by atoms with Gasteiger partial charge in [0.05, 0.1) is 23.8 Å². The molecule has 1 heterocycles. The molecule has 0 saturated heterocycles. The van der Waals surface area contributed by atoms with Crippen LogP contribution < -0.4 is 0 Å². The molecule has 0 unspecified atom stereocenters. The van der Waals surface area contributed by atoms with Crippen LogP contribution in [0.2, 0.25) is 0 Å². The van der Waals surface area contributed by atoms with E-state index >= 15 is 0 Å². The van der Waals surface area contributed by atoms with Crippen LogP contribution in [0.25, 0.3) is 0 Å². The summed E-state index contributed by atoms with van der Waals surface area (Å²) in [5, 5.41) is 10.6. The molecule has 1 aromatic heterocycles. The van der Waals surface area contributed by atoms with Crippen LogP contribution in [0.3, 0.4) is 0 Å². The summed E-state index contributed by atoms with van der Waals surface area (Å²) >= 11 is 0. The van der Waals surface area contributed by atoms with Crippen LogP contribution in [0.4, 0.5) is 14.6 Å². The number of carbonyl (C=O) groups is 1. The van der Waals surface area contributed by atoms with Crippen LogP contribution in [0.15, 0.2) is 6.20 Å². The van der Waals surface area contributed by atoms with E-state index in [1.54, 1.807) is 0 Å². The third-order valence-corrected chi connectivity index (χ3v) is 2.12. The Morgan fingerprint density at radius 3 is 2.59 bits per heavy atom. The van der Waals surface area contributed by atoms with Gasteiger partial charge in [-0.25, -0.2) is 13.6 Å². The summed E-state index contributed by atoms with van der Waals surface area (Å²) in [6.07, 6.45) is -2.35. The monoisotopic (exact) mass is 246 g/mol. The maximum Gasteiger partial charge on any atom is 0.367 e. The molecular weight excluding hydrogens is 238 g/mol. The van der Waals surface area contributed by atoms with Gasteiger partial charge in [-0.1, -0.05) is 0 Å². The van der Waals surface area contributed by atoms with E-state index in [1.807, 2.05) is 0 Å². The second kappa shape index (κ2) is 4.81. The number of ether oxygens (including phenoxy) is 1. The highest BCUT2D eigenvalue weighted by atomic mass is 19.3. The molecule has 0 spiro atoms. The van der Waals surface area contributed by atoms with Crippen molar-refractivity contribution in [3.63, 3.8) is 0 Å². The van der Waals surface area contributed by atoms with E-state index in [0.29, 0.717) is 6.20 Å². The minimum absolute atomic E-state index is 0.236. The minimum Gasteiger partial charge on any atom is -0.465 e. The number of aromatic nitrogens is 1. The maximum atomic E-state index is 12.6. The summed E-state index contributed by atoms with van der Waals surface area (Å²) in [6.45, 7) is 1.17. The number of methoxy groups -OCH3 is 1. The highest BCUT2D eigenvalue weighted by Crippen LogP contribution is 2.29. The number of alkyl halides is 2. The molecule has 0 aromatic carbocycles. The lowest BCUT2D eigenvalue weighted by molar-refractivity contribution is -0.390. The highest BCUT2D eigenvalue weighted by Gasteiger charge is 2.28. The molecule has 0 saturated carbocycles. The predicted octanol–water partition coefficient (Wildman–Crippen LogP) is 2.02. The van der Waals surface area contributed by atoms with Gasteiger partial charge >= 0.3 is 11.8 Å². The van der Waals surface area contributed by atoms with Gasteiger partial charge in [0.1, 0.15) is 6.20 Å². The first-order valence-electron chi connectivity index (χ1n) is 4.40. The number of hydrogen-bond donors (Lipinski definition) is 0. The lowest BCUT2D eigenvalue weighted by Crippen LogP contribution is -2.11. The molecule has 8 heteroatoms. The van der Waals surface area contributed by atoms with E-state index < -0.39 is 34.3 Å². The van der Waals surface area contributed by atoms with Gasteiger partial charge in [-0.15, -0.1) is 0 Å². The Labute approximate surface area is 94.4 Å². The fraction of sp³-hybridized carbons (Fsp3) is 0.333. The number of pyridine rings is 1. The van der Waals surface area contributed by atoms with E-state index in [2.05, 4.69) is 9.72 Å². The molecule has 0 bridgehead atoms. The summed E-state index contributed by atoms with van der Waals surface area (Å²) in [6, 6.07) is 0. The molecule has 6 nitrogen and oxygen atoms in total. The van der Waals surface area contributed by atoms with Crippen molar-refractivity contribution in [3.05, 3.63) is 33.0 Å². The Kier molecular flexibility index (Phi) is 3.66. The van der Waals surface area contributed by atoms with Crippen LogP contribution in [-0.4, -0.2) is 23.0 Å². The Hall–Kier alpha value is -2.12. The van der Waals surface area contributed by atoms with Gasteiger partial charge in [-0.3, -0.25) is 0 Å². The SMILES string of the molecule is COC(=O)c1c(C(F)F)cnc([N+](=O)[O-])c1C. The van der Waals surface area contributed by atoms with Crippen molar-refractivity contribution in [2.45, 2.75) is 13.3 Å². The zero-order chi connectivity index (χ0) is 13.2. The largest absolute Gasteiger partial charge is 0.465 e. The van der Waals surface area contributed by atoms with E-state index in [1.165, 1.54) is 6.92 Å². The molecule has 0 aliphatic carbocycles. The summed E-state index contributed by atoms with van der Waals surface area (Å²) in [5.41, 5.74) is -1.43. The average Bonchev–Trinajstić information content (AvgIpc) is 2.26. The van der Waals surface area contributed by atoms with Gasteiger partial charge in [0.25, 0.3) is 6.43 Å². The Bertz CT molecular complexity index is 476. The molecule has 0 radical (unpaired) electrons. The van der Waals surface area contributed by atoms with Crippen molar-refractivity contribution in [3.8, 4) is 0 Å². The lowest BCUT2D eigenvalue weighted by Gasteiger charge is -2.08. The fourth-order valence-electron chi connectivity index (χ4n) is 1.34. The van der Waals surface area contributed by atoms with E-state index in [4.69, 9.17) is 0 Å². The molecule has 0 aliphatic rings. The fourth-order valence-corrected chi connectivity index (χ4v) is 1.34. The normalized spacial score (nSPS) is 10.4. The van der Waals surface area contributed by atoms with Crippen LogP contribution in [0, 0.1) is 17.0 Å². The van der Waals surface area contributed by atoms with Crippen molar-refractivity contribution in [2.24, 2.45) is 0 Å². The number of carbonyl (C=O) groups excluding carboxylic acids is 1. The molecule has 0 aliphatic heterocycles. The minimum atomic E-state index is -2.96. The third-order valence-electron chi connectivity index (χ3n) is 2.12. The first-order chi connectivity index (χ1) is 7.90. The van der Waals surface area contributed by atoms with Gasteiger partial charge in [-0.2, -0.15) is 0 Å². The molecule has 0 amide bonds. The van der Waals surface area contributed by atoms with Gasteiger partial charge in [0.2, 0.25) is 0 Å². The summed E-state index contributed by atoms with van der Waals surface area (Å²) in [7, 11) is 1.00. The number of esters is 1. The number of nitrogens with zero attached hydrogens (tertiary/aromatic N) is 2. The van der Waals surface area contributed by atoms with Gasteiger partial charge in [0, 0.05) is 0 Å². The molecule has 1 rings (SSSR count). The van der Waals surface area contributed by atoms with Crippen LogP contribution >= 0.6 is 0 Å². The second-order valence-electron chi connectivity index (χ2n) is 3.09. The average molecular weight is 246 g/mol. The molecule has 1 aromatic rings. The molecule has 0 atom stereocenters. The zero-order valence-corrected chi connectivity index (χ0v) is 8.94. The first kappa shape index (κ1) is 12.9. The Morgan fingerprint density at radius 2 is 2.18 bits per heavy atom. The number of hydrogen-bond acceptors (Lipinski definition) is 5. The van der Waals surface area contributed by atoms with Crippen molar-refractivity contribution < 1.29 is 23.2 Å². The maximum absolute atomic E-state index is 12.6. The predicted molar refractivity (Wildman–Crippen MR) is 51.9 cm³/mol. The second-order valence-corrected chi connectivity index (χ2v) is 3.09. The van der Waals surface area contributed by atoms with Crippen molar-refractivity contribution in [2.75, 3.05) is 7.11 Å². The lowest BCUT2D eigenvalue weighted by atomic mass is 10.0. The van der Waals surface area contributed by atoms with Gasteiger partial charge in [-0.05, 0) is 16.8 Å². The van der Waals surface area contributed by atoms with E-state index in [9.17, 15) is 23.7 Å². The number of rotatable bonds is 3. The summed E-state index contributed by atoms with van der Waals surface area (Å²) in [5.74, 6) is -1.70. The summed E-state index contributed by atoms with van der Waals surface area (Å²) in [4.78, 5) is 24.3. The smallest absolute Gasteiger partial charge is 0.367 e. The van der Waals surface area contributed by atoms with Gasteiger partial charge in [0.15, 0.2) is 0 Å². The van der Waals surface area contributed by atoms with Crippen LogP contribution in [-0.2, 0) is 4.74 Å². The quantitative estimate of drug-likeness (QED) is 0.463. The molecule has 92 valence electrons. The van der Waals surface area contributed by atoms with Gasteiger partial charge < -0.3 is 14.9 Å². The van der Waals surface area contributed by atoms with Crippen molar-refractivity contribution >= 4 is 11.8 Å². The first-order valence-corrected chi connectivity index (χ1v) is 4.40. The van der Waals surface area contributed by atoms with Crippen molar-refractivity contribution in [1.82, 2.24) is 4.98 Å². The number of halogens is 2. The number of nitro groups is 1. The molecule has 0 fully saturated rings. The van der Waals surface area contributed by atoms with Crippen molar-refractivity contribution in [1.29, 1.82) is 0 Å². The zero-order valence-electron chi connectivity index (χ0n) is 8.94. The standard InChI is InChI=1S/C9H8F2N2O4/c1-4-6(9(14)17-2)5(7(10)11)3-12-8(4)13(15)16/h3,7H,1-2H3. The summed E-state index contributed by atoms with van der Waals surface area (Å²) < 4.78 is 29.6.